The third-order valence-electron chi connectivity index (χ3n) is 4.01. The standard InChI is InChI=1S/C16H19N3O6S/c1-17-16(20)12-10-14(25-18-12)11-3-4-13(23-2)15(9-11)26(21,22)19-5-7-24-8-6-19/h3-4,9-10H,5-8H2,1-2H3,(H,17,20). The van der Waals surface area contributed by atoms with E-state index in [1.54, 1.807) is 12.1 Å². The molecule has 1 aliphatic rings. The molecule has 1 N–H and O–H groups in total. The van der Waals surface area contributed by atoms with Crippen LogP contribution in [0.5, 0.6) is 5.75 Å². The predicted octanol–water partition coefficient (Wildman–Crippen LogP) is 0.731. The Morgan fingerprint density at radius 3 is 2.65 bits per heavy atom. The average Bonchev–Trinajstić information content (AvgIpc) is 3.17. The number of hydrogen-bond donors (Lipinski definition) is 1. The summed E-state index contributed by atoms with van der Waals surface area (Å²) in [7, 11) is -0.871. The van der Waals surface area contributed by atoms with Crippen LogP contribution >= 0.6 is 0 Å². The highest BCUT2D eigenvalue weighted by Crippen LogP contribution is 2.32. The zero-order valence-corrected chi connectivity index (χ0v) is 15.2. The smallest absolute Gasteiger partial charge is 0.273 e. The Hall–Kier alpha value is -2.43. The van der Waals surface area contributed by atoms with E-state index >= 15 is 0 Å². The van der Waals surface area contributed by atoms with E-state index in [9.17, 15) is 13.2 Å². The van der Waals surface area contributed by atoms with Crippen molar-refractivity contribution in [2.24, 2.45) is 0 Å². The van der Waals surface area contributed by atoms with Gasteiger partial charge in [0.05, 0.1) is 20.3 Å². The molecule has 10 heteroatoms. The van der Waals surface area contributed by atoms with Gasteiger partial charge >= 0.3 is 0 Å². The fourth-order valence-electron chi connectivity index (χ4n) is 2.60. The molecule has 1 amide bonds. The molecular weight excluding hydrogens is 362 g/mol. The first kappa shape index (κ1) is 18.4. The van der Waals surface area contributed by atoms with Crippen molar-refractivity contribution in [2.75, 3.05) is 40.5 Å². The number of carbonyl (C=O) groups is 1. The number of rotatable bonds is 5. The number of morpholine rings is 1. The van der Waals surface area contributed by atoms with E-state index in [0.717, 1.165) is 0 Å². The van der Waals surface area contributed by atoms with Crippen LogP contribution in [0.1, 0.15) is 10.5 Å². The fraction of sp³-hybridized carbons (Fsp3) is 0.375. The van der Waals surface area contributed by atoms with E-state index in [-0.39, 0.29) is 35.2 Å². The van der Waals surface area contributed by atoms with Gasteiger partial charge in [-0.2, -0.15) is 4.31 Å². The van der Waals surface area contributed by atoms with E-state index in [1.165, 1.54) is 30.6 Å². The summed E-state index contributed by atoms with van der Waals surface area (Å²) in [5.41, 5.74) is 0.580. The Bertz CT molecular complexity index is 902. The number of aromatic nitrogens is 1. The van der Waals surface area contributed by atoms with Crippen molar-refractivity contribution in [3.05, 3.63) is 30.0 Å². The molecule has 2 aromatic rings. The van der Waals surface area contributed by atoms with Gasteiger partial charge in [0.1, 0.15) is 10.6 Å². The number of sulfonamides is 1. The molecule has 0 saturated carbocycles. The molecule has 1 fully saturated rings. The molecule has 1 aromatic heterocycles. The first-order valence-electron chi connectivity index (χ1n) is 7.92. The van der Waals surface area contributed by atoms with E-state index < -0.39 is 15.9 Å². The molecule has 2 heterocycles. The molecule has 140 valence electrons. The van der Waals surface area contributed by atoms with Gasteiger partial charge in [0.15, 0.2) is 11.5 Å². The number of methoxy groups -OCH3 is 1. The second-order valence-electron chi connectivity index (χ2n) is 5.54. The summed E-state index contributed by atoms with van der Waals surface area (Å²) in [6.45, 7) is 1.25. The third kappa shape index (κ3) is 3.43. The summed E-state index contributed by atoms with van der Waals surface area (Å²) in [5.74, 6) is 0.116. The lowest BCUT2D eigenvalue weighted by atomic mass is 10.1. The second-order valence-corrected chi connectivity index (χ2v) is 7.44. The largest absolute Gasteiger partial charge is 0.495 e. The number of benzene rings is 1. The summed E-state index contributed by atoms with van der Waals surface area (Å²) in [4.78, 5) is 11.6. The molecule has 9 nitrogen and oxygen atoms in total. The Kier molecular flexibility index (Phi) is 5.25. The number of ether oxygens (including phenoxy) is 2. The van der Waals surface area contributed by atoms with Crippen LogP contribution < -0.4 is 10.1 Å². The lowest BCUT2D eigenvalue weighted by molar-refractivity contribution is 0.0729. The summed E-state index contributed by atoms with van der Waals surface area (Å²) < 4.78 is 43.0. The van der Waals surface area contributed by atoms with Gasteiger partial charge in [0, 0.05) is 31.8 Å². The number of amides is 1. The van der Waals surface area contributed by atoms with Gasteiger partial charge in [-0.05, 0) is 18.2 Å². The Morgan fingerprint density at radius 1 is 1.27 bits per heavy atom. The zero-order chi connectivity index (χ0) is 18.7. The molecule has 3 rings (SSSR count). The van der Waals surface area contributed by atoms with Crippen molar-refractivity contribution in [3.63, 3.8) is 0 Å². The molecule has 0 radical (unpaired) electrons. The van der Waals surface area contributed by atoms with Crippen LogP contribution in [0, 0.1) is 0 Å². The highest BCUT2D eigenvalue weighted by molar-refractivity contribution is 7.89. The number of nitrogens with one attached hydrogen (secondary N) is 1. The van der Waals surface area contributed by atoms with E-state index in [2.05, 4.69) is 10.5 Å². The summed E-state index contributed by atoms with van der Waals surface area (Å²) >= 11 is 0. The molecule has 0 aliphatic carbocycles. The summed E-state index contributed by atoms with van der Waals surface area (Å²) in [6, 6.07) is 6.10. The maximum atomic E-state index is 13.0. The average molecular weight is 381 g/mol. The predicted molar refractivity (Wildman–Crippen MR) is 91.5 cm³/mol. The lowest BCUT2D eigenvalue weighted by Crippen LogP contribution is -2.40. The van der Waals surface area contributed by atoms with Crippen molar-refractivity contribution in [3.8, 4) is 17.1 Å². The van der Waals surface area contributed by atoms with Crippen LogP contribution in [-0.4, -0.2) is 64.2 Å². The number of hydrogen-bond acceptors (Lipinski definition) is 7. The van der Waals surface area contributed by atoms with Crippen LogP contribution in [-0.2, 0) is 14.8 Å². The van der Waals surface area contributed by atoms with E-state index in [0.29, 0.717) is 18.8 Å². The summed E-state index contributed by atoms with van der Waals surface area (Å²) in [5, 5.41) is 6.14. The normalized spacial score (nSPS) is 15.6. The molecular formula is C16H19N3O6S. The number of nitrogens with zero attached hydrogens (tertiary/aromatic N) is 2. The minimum absolute atomic E-state index is 0.0253. The molecule has 0 bridgehead atoms. The van der Waals surface area contributed by atoms with Gasteiger partial charge in [-0.15, -0.1) is 0 Å². The minimum Gasteiger partial charge on any atom is -0.495 e. The second kappa shape index (κ2) is 7.44. The van der Waals surface area contributed by atoms with Crippen LogP contribution in [0.25, 0.3) is 11.3 Å². The topological polar surface area (TPSA) is 111 Å². The minimum atomic E-state index is -3.76. The fourth-order valence-corrected chi connectivity index (χ4v) is 4.19. The first-order chi connectivity index (χ1) is 12.5. The third-order valence-corrected chi connectivity index (χ3v) is 5.93. The Labute approximate surface area is 150 Å². The van der Waals surface area contributed by atoms with E-state index in [1.807, 2.05) is 0 Å². The van der Waals surface area contributed by atoms with Crippen molar-refractivity contribution >= 4 is 15.9 Å². The van der Waals surface area contributed by atoms with Gasteiger partial charge in [0.25, 0.3) is 5.91 Å². The van der Waals surface area contributed by atoms with Crippen molar-refractivity contribution in [2.45, 2.75) is 4.90 Å². The highest BCUT2D eigenvalue weighted by Gasteiger charge is 2.30. The van der Waals surface area contributed by atoms with Crippen LogP contribution in [0.15, 0.2) is 33.7 Å². The van der Waals surface area contributed by atoms with Gasteiger partial charge in [-0.25, -0.2) is 8.42 Å². The molecule has 0 unspecified atom stereocenters. The van der Waals surface area contributed by atoms with Gasteiger partial charge < -0.3 is 19.3 Å². The lowest BCUT2D eigenvalue weighted by Gasteiger charge is -2.26. The van der Waals surface area contributed by atoms with Crippen molar-refractivity contribution < 1.29 is 27.2 Å². The Morgan fingerprint density at radius 2 is 2.00 bits per heavy atom. The van der Waals surface area contributed by atoms with E-state index in [4.69, 9.17) is 14.0 Å². The SMILES string of the molecule is CNC(=O)c1cc(-c2ccc(OC)c(S(=O)(=O)N3CCOCC3)c2)on1. The van der Waals surface area contributed by atoms with Crippen LogP contribution in [0.3, 0.4) is 0 Å². The molecule has 1 aliphatic heterocycles. The Balaban J connectivity index is 2.01. The monoisotopic (exact) mass is 381 g/mol. The molecule has 1 saturated heterocycles. The maximum absolute atomic E-state index is 13.0. The number of carbonyl (C=O) groups excluding carboxylic acids is 1. The first-order valence-corrected chi connectivity index (χ1v) is 9.36. The van der Waals surface area contributed by atoms with Crippen molar-refractivity contribution in [1.82, 2.24) is 14.8 Å². The van der Waals surface area contributed by atoms with Crippen LogP contribution in [0.2, 0.25) is 0 Å². The molecule has 0 spiro atoms. The quantitative estimate of drug-likeness (QED) is 0.813. The van der Waals surface area contributed by atoms with Gasteiger partial charge in [-0.3, -0.25) is 4.79 Å². The highest BCUT2D eigenvalue weighted by atomic mass is 32.2. The molecule has 0 atom stereocenters. The summed E-state index contributed by atoms with van der Waals surface area (Å²) in [6.07, 6.45) is 0. The van der Waals surface area contributed by atoms with Gasteiger partial charge in [0.2, 0.25) is 10.0 Å². The maximum Gasteiger partial charge on any atom is 0.273 e. The molecule has 1 aromatic carbocycles. The zero-order valence-electron chi connectivity index (χ0n) is 14.4. The van der Waals surface area contributed by atoms with Crippen molar-refractivity contribution in [1.29, 1.82) is 0 Å². The van der Waals surface area contributed by atoms with Gasteiger partial charge in [-0.1, -0.05) is 5.16 Å². The molecule has 26 heavy (non-hydrogen) atoms. The van der Waals surface area contributed by atoms with Crippen LogP contribution in [0.4, 0.5) is 0 Å².